The molecule has 1 aromatic carbocycles. The number of hydrogen-bond donors (Lipinski definition) is 1. The fraction of sp³-hybridized carbons (Fsp3) is 0.143. The molecule has 1 N–H and O–H groups in total. The number of aliphatic hydroxyl groups is 1. The fourth-order valence-electron chi connectivity index (χ4n) is 1.95. The number of rotatable bonds is 2. The number of nitrogens with zero attached hydrogens (tertiary/aromatic N) is 1. The number of aromatic nitrogens is 1. The second kappa shape index (κ2) is 4.78. The lowest BCUT2D eigenvalue weighted by atomic mass is 10.0. The average molecular weight is 262 g/mol. The molecule has 0 unspecified atom stereocenters. The van der Waals surface area contributed by atoms with E-state index in [-0.39, 0.29) is 0 Å². The van der Waals surface area contributed by atoms with Crippen LogP contribution >= 0.6 is 11.6 Å². The number of carbonyl (C=O) groups is 1. The van der Waals surface area contributed by atoms with Crippen molar-refractivity contribution in [2.45, 2.75) is 13.8 Å². The molecule has 0 aliphatic carbocycles. The molecule has 0 saturated heterocycles. The third-order valence-electron chi connectivity index (χ3n) is 2.90. The van der Waals surface area contributed by atoms with Crippen LogP contribution in [0.2, 0.25) is 5.02 Å². The van der Waals surface area contributed by atoms with Crippen molar-refractivity contribution >= 4 is 34.9 Å². The Kier molecular flexibility index (Phi) is 3.34. The van der Waals surface area contributed by atoms with Crippen molar-refractivity contribution in [1.29, 1.82) is 0 Å². The van der Waals surface area contributed by atoms with Crippen LogP contribution in [0.1, 0.15) is 27.2 Å². The third-order valence-corrected chi connectivity index (χ3v) is 3.30. The predicted molar refractivity (Wildman–Crippen MR) is 73.3 cm³/mol. The molecule has 0 fully saturated rings. The molecule has 3 nitrogen and oxygen atoms in total. The van der Waals surface area contributed by atoms with Crippen LogP contribution in [0.3, 0.4) is 0 Å². The van der Waals surface area contributed by atoms with E-state index in [0.717, 1.165) is 28.3 Å². The van der Waals surface area contributed by atoms with E-state index in [0.29, 0.717) is 22.6 Å². The summed E-state index contributed by atoms with van der Waals surface area (Å²) in [4.78, 5) is 15.5. The van der Waals surface area contributed by atoms with Gasteiger partial charge in [-0.3, -0.25) is 4.79 Å². The van der Waals surface area contributed by atoms with Gasteiger partial charge in [0.2, 0.25) is 0 Å². The molecule has 0 amide bonds. The molecule has 1 heterocycles. The zero-order valence-electron chi connectivity index (χ0n) is 10.1. The maximum Gasteiger partial charge on any atom is 0.153 e. The largest absolute Gasteiger partial charge is 0.516 e. The van der Waals surface area contributed by atoms with Crippen LogP contribution in [-0.4, -0.2) is 16.4 Å². The number of carbonyl (C=O) groups excluding carboxylic acids is 1. The van der Waals surface area contributed by atoms with Crippen molar-refractivity contribution in [1.82, 2.24) is 4.98 Å². The van der Waals surface area contributed by atoms with Crippen molar-refractivity contribution in [3.63, 3.8) is 0 Å². The maximum absolute atomic E-state index is 11.1. The van der Waals surface area contributed by atoms with Gasteiger partial charge in [0.15, 0.2) is 6.29 Å². The van der Waals surface area contributed by atoms with Gasteiger partial charge in [-0.2, -0.15) is 0 Å². The maximum atomic E-state index is 11.1. The number of aryl methyl sites for hydroxylation is 2. The van der Waals surface area contributed by atoms with Gasteiger partial charge in [-0.05, 0) is 31.1 Å². The predicted octanol–water partition coefficient (Wildman–Crippen LogP) is 3.85. The molecule has 4 heteroatoms. The highest BCUT2D eigenvalue weighted by molar-refractivity contribution is 6.38. The minimum absolute atomic E-state index is 0.295. The standard InChI is InChI=1S/C14H12ClNO2/c1-8-3-4-9(2)14-12(8)13(15)10(7-18)11(16-14)5-6-17/h3-7,17H,1-2H3/b6-5+. The second-order valence-electron chi connectivity index (χ2n) is 4.08. The van der Waals surface area contributed by atoms with E-state index in [1.54, 1.807) is 0 Å². The van der Waals surface area contributed by atoms with Crippen LogP contribution < -0.4 is 0 Å². The Balaban J connectivity index is 2.99. The van der Waals surface area contributed by atoms with Gasteiger partial charge in [-0.1, -0.05) is 23.7 Å². The van der Waals surface area contributed by atoms with E-state index in [4.69, 9.17) is 16.7 Å². The van der Waals surface area contributed by atoms with Crippen molar-refractivity contribution < 1.29 is 9.90 Å². The van der Waals surface area contributed by atoms with Gasteiger partial charge < -0.3 is 5.11 Å². The van der Waals surface area contributed by atoms with Gasteiger partial charge in [0.05, 0.1) is 28.1 Å². The number of halogens is 1. The minimum atomic E-state index is 0.295. The molecule has 2 rings (SSSR count). The van der Waals surface area contributed by atoms with Gasteiger partial charge in [0.1, 0.15) is 0 Å². The zero-order valence-corrected chi connectivity index (χ0v) is 10.8. The minimum Gasteiger partial charge on any atom is -0.516 e. The van der Waals surface area contributed by atoms with Gasteiger partial charge in [0, 0.05) is 5.39 Å². The van der Waals surface area contributed by atoms with Crippen LogP contribution in [0.15, 0.2) is 18.4 Å². The Morgan fingerprint density at radius 2 is 1.94 bits per heavy atom. The zero-order chi connectivity index (χ0) is 13.3. The highest BCUT2D eigenvalue weighted by atomic mass is 35.5. The van der Waals surface area contributed by atoms with Gasteiger partial charge in [-0.25, -0.2) is 4.98 Å². The molecule has 2 aromatic rings. The van der Waals surface area contributed by atoms with E-state index < -0.39 is 0 Å². The van der Waals surface area contributed by atoms with E-state index >= 15 is 0 Å². The summed E-state index contributed by atoms with van der Waals surface area (Å²) in [7, 11) is 0. The second-order valence-corrected chi connectivity index (χ2v) is 4.46. The number of fused-ring (bicyclic) bond motifs is 1. The van der Waals surface area contributed by atoms with Crippen molar-refractivity contribution in [2.75, 3.05) is 0 Å². The Morgan fingerprint density at radius 1 is 1.28 bits per heavy atom. The van der Waals surface area contributed by atoms with E-state index in [9.17, 15) is 4.79 Å². The molecule has 0 bridgehead atoms. The first-order valence-corrected chi connectivity index (χ1v) is 5.83. The summed E-state index contributed by atoms with van der Waals surface area (Å²) in [5, 5.41) is 10.0. The monoisotopic (exact) mass is 261 g/mol. The summed E-state index contributed by atoms with van der Waals surface area (Å²) in [5.41, 5.74) is 3.36. The molecular formula is C14H12ClNO2. The molecule has 0 aliphatic rings. The van der Waals surface area contributed by atoms with Gasteiger partial charge in [-0.15, -0.1) is 0 Å². The van der Waals surface area contributed by atoms with E-state index in [2.05, 4.69) is 4.98 Å². The SMILES string of the molecule is Cc1ccc(C)c2c(Cl)c(C=O)c(/C=C/O)nc12. The van der Waals surface area contributed by atoms with Crippen LogP contribution in [-0.2, 0) is 0 Å². The van der Waals surface area contributed by atoms with E-state index in [1.807, 2.05) is 26.0 Å². The summed E-state index contributed by atoms with van der Waals surface area (Å²) in [6.07, 6.45) is 2.87. The van der Waals surface area contributed by atoms with Crippen LogP contribution in [0, 0.1) is 13.8 Å². The molecular weight excluding hydrogens is 250 g/mol. The average Bonchev–Trinajstić information content (AvgIpc) is 2.34. The summed E-state index contributed by atoms with van der Waals surface area (Å²) >= 11 is 6.27. The number of aliphatic hydroxyl groups excluding tert-OH is 1. The van der Waals surface area contributed by atoms with Crippen molar-refractivity contribution in [2.24, 2.45) is 0 Å². The molecule has 0 atom stereocenters. The molecule has 1 aromatic heterocycles. The normalized spacial score (nSPS) is 11.3. The fourth-order valence-corrected chi connectivity index (χ4v) is 2.33. The lowest BCUT2D eigenvalue weighted by molar-refractivity contribution is 0.112. The topological polar surface area (TPSA) is 50.2 Å². The number of hydrogen-bond acceptors (Lipinski definition) is 3. The summed E-state index contributed by atoms with van der Waals surface area (Å²) in [6, 6.07) is 3.90. The molecule has 92 valence electrons. The van der Waals surface area contributed by atoms with E-state index in [1.165, 1.54) is 6.08 Å². The smallest absolute Gasteiger partial charge is 0.153 e. The first-order valence-electron chi connectivity index (χ1n) is 5.45. The summed E-state index contributed by atoms with van der Waals surface area (Å²) in [5.74, 6) is 0. The first kappa shape index (κ1) is 12.6. The van der Waals surface area contributed by atoms with Crippen molar-refractivity contribution in [3.8, 4) is 0 Å². The molecule has 0 spiro atoms. The summed E-state index contributed by atoms with van der Waals surface area (Å²) < 4.78 is 0. The van der Waals surface area contributed by atoms with Crippen LogP contribution in [0.5, 0.6) is 0 Å². The molecule has 0 saturated carbocycles. The lowest BCUT2D eigenvalue weighted by Crippen LogP contribution is -1.97. The Morgan fingerprint density at radius 3 is 2.56 bits per heavy atom. The highest BCUT2D eigenvalue weighted by Crippen LogP contribution is 2.31. The highest BCUT2D eigenvalue weighted by Gasteiger charge is 2.14. The number of pyridine rings is 1. The Labute approximate surface area is 110 Å². The Bertz CT molecular complexity index is 663. The number of aldehydes is 1. The quantitative estimate of drug-likeness (QED) is 0.660. The molecule has 18 heavy (non-hydrogen) atoms. The van der Waals surface area contributed by atoms with Crippen molar-refractivity contribution in [3.05, 3.63) is 45.8 Å². The molecule has 0 aliphatic heterocycles. The Hall–Kier alpha value is -1.87. The third kappa shape index (κ3) is 1.87. The van der Waals surface area contributed by atoms with Crippen LogP contribution in [0.4, 0.5) is 0 Å². The first-order chi connectivity index (χ1) is 8.60. The lowest BCUT2D eigenvalue weighted by Gasteiger charge is -2.10. The number of benzene rings is 1. The van der Waals surface area contributed by atoms with Gasteiger partial charge >= 0.3 is 0 Å². The molecule has 0 radical (unpaired) electrons. The summed E-state index contributed by atoms with van der Waals surface area (Å²) in [6.45, 7) is 3.85. The van der Waals surface area contributed by atoms with Crippen LogP contribution in [0.25, 0.3) is 17.0 Å². The van der Waals surface area contributed by atoms with Gasteiger partial charge in [0.25, 0.3) is 0 Å².